The Bertz CT molecular complexity index is 776. The lowest BCUT2D eigenvalue weighted by Crippen LogP contribution is -2.49. The summed E-state index contributed by atoms with van der Waals surface area (Å²) in [6, 6.07) is 5.00. The molecule has 0 aromatic heterocycles. The number of carbonyl (C=O) groups excluding carboxylic acids is 1. The van der Waals surface area contributed by atoms with Crippen molar-refractivity contribution in [3.63, 3.8) is 0 Å². The molecule has 2 heterocycles. The van der Waals surface area contributed by atoms with Gasteiger partial charge in [-0.1, -0.05) is 13.0 Å². The quantitative estimate of drug-likeness (QED) is 0.813. The van der Waals surface area contributed by atoms with Gasteiger partial charge in [0.05, 0.1) is 5.41 Å². The van der Waals surface area contributed by atoms with E-state index in [-0.39, 0.29) is 17.8 Å². The number of hydrogen-bond donors (Lipinski definition) is 2. The molecule has 1 atom stereocenters. The van der Waals surface area contributed by atoms with Crippen molar-refractivity contribution in [2.75, 3.05) is 25.0 Å². The second kappa shape index (κ2) is 7.35. The van der Waals surface area contributed by atoms with Gasteiger partial charge in [-0.2, -0.15) is 0 Å². The van der Waals surface area contributed by atoms with Gasteiger partial charge in [-0.3, -0.25) is 9.69 Å². The Labute approximate surface area is 164 Å². The molecule has 152 valence electrons. The highest BCUT2D eigenvalue weighted by atomic mass is 19.1. The van der Waals surface area contributed by atoms with Gasteiger partial charge < -0.3 is 15.3 Å². The van der Waals surface area contributed by atoms with Gasteiger partial charge in [0.2, 0.25) is 5.91 Å². The summed E-state index contributed by atoms with van der Waals surface area (Å²) >= 11 is 0. The first-order chi connectivity index (χ1) is 13.4. The normalized spacial score (nSPS) is 30.8. The van der Waals surface area contributed by atoms with Gasteiger partial charge >= 0.3 is 6.09 Å². The van der Waals surface area contributed by atoms with Crippen LogP contribution in [0.4, 0.5) is 14.9 Å². The first-order valence-electron chi connectivity index (χ1n) is 10.3. The number of nitrogens with zero attached hydrogens (tertiary/aromatic N) is 2. The van der Waals surface area contributed by atoms with Crippen LogP contribution in [-0.4, -0.2) is 58.6 Å². The van der Waals surface area contributed by atoms with Crippen molar-refractivity contribution < 1.29 is 19.1 Å². The van der Waals surface area contributed by atoms with E-state index in [1.165, 1.54) is 12.1 Å². The number of rotatable bonds is 2. The molecule has 1 saturated heterocycles. The van der Waals surface area contributed by atoms with Gasteiger partial charge in [0.25, 0.3) is 0 Å². The van der Waals surface area contributed by atoms with Crippen LogP contribution in [-0.2, 0) is 10.2 Å². The van der Waals surface area contributed by atoms with E-state index in [9.17, 15) is 19.1 Å². The zero-order chi connectivity index (χ0) is 19.9. The second-order valence-corrected chi connectivity index (χ2v) is 8.34. The Hall–Kier alpha value is -2.15. The molecule has 1 aromatic carbocycles. The molecule has 1 aliphatic carbocycles. The molecule has 1 aromatic rings. The zero-order valence-electron chi connectivity index (χ0n) is 16.3. The summed E-state index contributed by atoms with van der Waals surface area (Å²) in [4.78, 5) is 28.3. The van der Waals surface area contributed by atoms with E-state index < -0.39 is 11.5 Å². The Morgan fingerprint density at radius 3 is 2.75 bits per heavy atom. The fourth-order valence-electron chi connectivity index (χ4n) is 5.38. The molecule has 28 heavy (non-hydrogen) atoms. The smallest absolute Gasteiger partial charge is 0.407 e. The van der Waals surface area contributed by atoms with E-state index in [0.717, 1.165) is 57.2 Å². The number of carboxylic acid groups (broad SMARTS) is 1. The highest BCUT2D eigenvalue weighted by Gasteiger charge is 2.49. The largest absolute Gasteiger partial charge is 0.465 e. The van der Waals surface area contributed by atoms with E-state index in [1.54, 1.807) is 11.0 Å². The van der Waals surface area contributed by atoms with Gasteiger partial charge in [0, 0.05) is 37.4 Å². The zero-order valence-corrected chi connectivity index (χ0v) is 16.3. The van der Waals surface area contributed by atoms with Crippen LogP contribution in [0.25, 0.3) is 0 Å². The Balaban J connectivity index is 1.47. The molecule has 0 radical (unpaired) electrons. The van der Waals surface area contributed by atoms with Crippen LogP contribution in [0.15, 0.2) is 18.2 Å². The predicted molar refractivity (Wildman–Crippen MR) is 104 cm³/mol. The van der Waals surface area contributed by atoms with Crippen molar-refractivity contribution >= 4 is 17.7 Å². The molecule has 2 amide bonds. The monoisotopic (exact) mass is 389 g/mol. The highest BCUT2D eigenvalue weighted by Crippen LogP contribution is 2.48. The van der Waals surface area contributed by atoms with Crippen LogP contribution in [0.1, 0.15) is 51.0 Å². The molecule has 2 aliphatic heterocycles. The molecule has 0 bridgehead atoms. The van der Waals surface area contributed by atoms with Gasteiger partial charge in [-0.25, -0.2) is 9.18 Å². The molecule has 1 saturated carbocycles. The molecule has 2 N–H and O–H groups in total. The minimum atomic E-state index is -0.831. The third-order valence-corrected chi connectivity index (χ3v) is 6.95. The summed E-state index contributed by atoms with van der Waals surface area (Å²) in [6.45, 7) is 4.28. The van der Waals surface area contributed by atoms with Gasteiger partial charge in [0.1, 0.15) is 5.82 Å². The topological polar surface area (TPSA) is 72.9 Å². The summed E-state index contributed by atoms with van der Waals surface area (Å²) in [6.07, 6.45) is 4.11. The lowest BCUT2D eigenvalue weighted by atomic mass is 9.68. The number of halogens is 1. The number of anilines is 1. The van der Waals surface area contributed by atoms with Crippen LogP contribution in [0, 0.1) is 5.82 Å². The predicted octanol–water partition coefficient (Wildman–Crippen LogP) is 3.42. The van der Waals surface area contributed by atoms with Crippen molar-refractivity contribution in [3.05, 3.63) is 29.6 Å². The minimum Gasteiger partial charge on any atom is -0.465 e. The maximum Gasteiger partial charge on any atom is 0.407 e. The number of benzene rings is 1. The number of fused-ring (bicyclic) bond motifs is 2. The number of hydrogen-bond acceptors (Lipinski definition) is 3. The second-order valence-electron chi connectivity index (χ2n) is 8.34. The van der Waals surface area contributed by atoms with Crippen LogP contribution < -0.4 is 5.32 Å². The third-order valence-electron chi connectivity index (χ3n) is 6.95. The van der Waals surface area contributed by atoms with E-state index in [4.69, 9.17) is 0 Å². The van der Waals surface area contributed by atoms with Crippen molar-refractivity contribution in [2.45, 2.75) is 62.9 Å². The standard InChI is InChI=1S/C21H28FN3O3/c1-2-15-13-24(10-3-11-25(15)20(27)28)16-6-8-21(9-7-16)17-5-4-14(22)12-18(17)23-19(21)26/h4-5,12,15-16H,2-3,6-11,13H2,1H3,(H,23,26)(H,27,28). The van der Waals surface area contributed by atoms with Crippen LogP contribution >= 0.6 is 0 Å². The molecule has 6 nitrogen and oxygen atoms in total. The van der Waals surface area contributed by atoms with Gasteiger partial charge in [-0.05, 0) is 56.2 Å². The number of carbonyl (C=O) groups is 2. The summed E-state index contributed by atoms with van der Waals surface area (Å²) in [5, 5.41) is 12.4. The fourth-order valence-corrected chi connectivity index (χ4v) is 5.38. The van der Waals surface area contributed by atoms with Crippen LogP contribution in [0.2, 0.25) is 0 Å². The molecule has 7 heteroatoms. The molecular formula is C21H28FN3O3. The lowest BCUT2D eigenvalue weighted by Gasteiger charge is -2.41. The van der Waals surface area contributed by atoms with Gasteiger partial charge in [0.15, 0.2) is 0 Å². The summed E-state index contributed by atoms with van der Waals surface area (Å²) in [5.41, 5.74) is 1.00. The first-order valence-corrected chi connectivity index (χ1v) is 10.3. The average molecular weight is 389 g/mol. The van der Waals surface area contributed by atoms with Crippen molar-refractivity contribution in [1.29, 1.82) is 0 Å². The SMILES string of the molecule is CCC1CN(C2CCC3(CC2)C(=O)Nc2cc(F)ccc23)CCCN1C(=O)O. The maximum absolute atomic E-state index is 13.5. The molecule has 2 fully saturated rings. The Morgan fingerprint density at radius 2 is 2.07 bits per heavy atom. The molecule has 3 aliphatic rings. The van der Waals surface area contributed by atoms with E-state index in [0.29, 0.717) is 18.3 Å². The first kappa shape index (κ1) is 19.2. The highest BCUT2D eigenvalue weighted by molar-refractivity contribution is 6.06. The lowest BCUT2D eigenvalue weighted by molar-refractivity contribution is -0.122. The van der Waals surface area contributed by atoms with Gasteiger partial charge in [-0.15, -0.1) is 0 Å². The summed E-state index contributed by atoms with van der Waals surface area (Å²) < 4.78 is 13.5. The molecule has 1 unspecified atom stereocenters. The Morgan fingerprint density at radius 1 is 1.32 bits per heavy atom. The van der Waals surface area contributed by atoms with Crippen molar-refractivity contribution in [1.82, 2.24) is 9.80 Å². The third kappa shape index (κ3) is 3.15. The van der Waals surface area contributed by atoms with E-state index in [1.807, 2.05) is 6.92 Å². The van der Waals surface area contributed by atoms with Crippen molar-refractivity contribution in [3.8, 4) is 0 Å². The number of nitrogens with one attached hydrogen (secondary N) is 1. The van der Waals surface area contributed by atoms with E-state index in [2.05, 4.69) is 10.2 Å². The van der Waals surface area contributed by atoms with Crippen LogP contribution in [0.5, 0.6) is 0 Å². The molecular weight excluding hydrogens is 361 g/mol. The summed E-state index contributed by atoms with van der Waals surface area (Å²) in [7, 11) is 0. The van der Waals surface area contributed by atoms with E-state index >= 15 is 0 Å². The average Bonchev–Trinajstić information content (AvgIpc) is 2.83. The van der Waals surface area contributed by atoms with Crippen LogP contribution in [0.3, 0.4) is 0 Å². The maximum atomic E-state index is 13.5. The summed E-state index contributed by atoms with van der Waals surface area (Å²) in [5.74, 6) is -0.339. The molecule has 4 rings (SSSR count). The Kier molecular flexibility index (Phi) is 5.04. The van der Waals surface area contributed by atoms with Crippen molar-refractivity contribution in [2.24, 2.45) is 0 Å². The minimum absolute atomic E-state index is 0.00842. The fraction of sp³-hybridized carbons (Fsp3) is 0.619. The molecule has 1 spiro atoms. The number of amides is 2.